The van der Waals surface area contributed by atoms with Gasteiger partial charge in [-0.1, -0.05) is 36.4 Å². The minimum absolute atomic E-state index is 0.0133. The smallest absolute Gasteiger partial charge is 0.319 e. The zero-order valence-electron chi connectivity index (χ0n) is 15.9. The molecule has 1 atom stereocenters. The van der Waals surface area contributed by atoms with Gasteiger partial charge in [-0.05, 0) is 35.2 Å². The number of nitrogens with one attached hydrogen (secondary N) is 1. The Morgan fingerprint density at radius 3 is 2.48 bits per heavy atom. The van der Waals surface area contributed by atoms with E-state index in [1.54, 1.807) is 23.9 Å². The summed E-state index contributed by atoms with van der Waals surface area (Å²) in [4.78, 5) is 27.7. The predicted octanol–water partition coefficient (Wildman–Crippen LogP) is 2.38. The number of aliphatic hydroxyl groups is 1. The number of carbonyl (C=O) groups is 2. The van der Waals surface area contributed by atoms with Gasteiger partial charge in [0.1, 0.15) is 0 Å². The number of fused-ring (bicyclic) bond motifs is 1. The van der Waals surface area contributed by atoms with Gasteiger partial charge in [-0.2, -0.15) is 0 Å². The fourth-order valence-electron chi connectivity index (χ4n) is 3.49. The minimum atomic E-state index is -0.742. The van der Waals surface area contributed by atoms with E-state index in [1.165, 1.54) is 0 Å². The molecular formula is C21H27N3O3. The van der Waals surface area contributed by atoms with Crippen molar-refractivity contribution in [2.24, 2.45) is 5.92 Å². The highest BCUT2D eigenvalue weighted by molar-refractivity contribution is 5.83. The first-order valence-electron chi connectivity index (χ1n) is 9.36. The second kappa shape index (κ2) is 8.39. The van der Waals surface area contributed by atoms with Crippen LogP contribution in [0.1, 0.15) is 24.5 Å². The van der Waals surface area contributed by atoms with Crippen molar-refractivity contribution in [2.45, 2.75) is 18.9 Å². The first-order chi connectivity index (χ1) is 13.0. The molecule has 0 aromatic heterocycles. The maximum atomic E-state index is 12.4. The average Bonchev–Trinajstić information content (AvgIpc) is 2.70. The molecule has 6 nitrogen and oxygen atoms in total. The molecule has 1 heterocycles. The number of hydrogen-bond acceptors (Lipinski definition) is 3. The van der Waals surface area contributed by atoms with E-state index >= 15 is 0 Å². The Hall–Kier alpha value is -2.60. The van der Waals surface area contributed by atoms with E-state index in [9.17, 15) is 14.7 Å². The summed E-state index contributed by atoms with van der Waals surface area (Å²) in [5.41, 5.74) is 0.792. The Morgan fingerprint density at radius 2 is 1.81 bits per heavy atom. The average molecular weight is 369 g/mol. The van der Waals surface area contributed by atoms with E-state index in [1.807, 2.05) is 42.5 Å². The van der Waals surface area contributed by atoms with Gasteiger partial charge in [0.15, 0.2) is 0 Å². The van der Waals surface area contributed by atoms with Crippen molar-refractivity contribution in [1.29, 1.82) is 0 Å². The summed E-state index contributed by atoms with van der Waals surface area (Å²) in [5.74, 6) is -0.160. The zero-order chi connectivity index (χ0) is 19.4. The summed E-state index contributed by atoms with van der Waals surface area (Å²) in [6, 6.07) is 13.8. The van der Waals surface area contributed by atoms with E-state index in [-0.39, 0.29) is 24.4 Å². The Balaban J connectivity index is 1.50. The Bertz CT molecular complexity index is 813. The number of carbonyl (C=O) groups excluding carboxylic acids is 2. The quantitative estimate of drug-likeness (QED) is 0.869. The van der Waals surface area contributed by atoms with E-state index in [0.717, 1.165) is 16.3 Å². The summed E-state index contributed by atoms with van der Waals surface area (Å²) in [5, 5.41) is 15.5. The lowest BCUT2D eigenvalue weighted by Gasteiger charge is -2.33. The third-order valence-electron chi connectivity index (χ3n) is 5.15. The van der Waals surface area contributed by atoms with E-state index in [2.05, 4.69) is 5.32 Å². The normalized spacial score (nSPS) is 16.2. The molecule has 0 aliphatic carbocycles. The first-order valence-corrected chi connectivity index (χ1v) is 9.36. The third-order valence-corrected chi connectivity index (χ3v) is 5.15. The fourth-order valence-corrected chi connectivity index (χ4v) is 3.49. The lowest BCUT2D eigenvalue weighted by Crippen LogP contribution is -2.46. The van der Waals surface area contributed by atoms with Crippen molar-refractivity contribution < 1.29 is 14.7 Å². The van der Waals surface area contributed by atoms with E-state index in [4.69, 9.17) is 0 Å². The molecule has 2 aromatic carbocycles. The Kier molecular flexibility index (Phi) is 5.96. The van der Waals surface area contributed by atoms with E-state index in [0.29, 0.717) is 25.9 Å². The van der Waals surface area contributed by atoms with Crippen LogP contribution in [-0.2, 0) is 4.79 Å². The van der Waals surface area contributed by atoms with Crippen molar-refractivity contribution in [3.8, 4) is 0 Å². The fraction of sp³-hybridized carbons (Fsp3) is 0.429. The molecule has 0 saturated carbocycles. The van der Waals surface area contributed by atoms with Crippen molar-refractivity contribution in [2.75, 3.05) is 33.7 Å². The molecule has 0 bridgehead atoms. The number of benzene rings is 2. The molecule has 3 amide bonds. The monoisotopic (exact) mass is 369 g/mol. The lowest BCUT2D eigenvalue weighted by molar-refractivity contribution is -0.126. The summed E-state index contributed by atoms with van der Waals surface area (Å²) >= 11 is 0. The van der Waals surface area contributed by atoms with E-state index < -0.39 is 6.10 Å². The zero-order valence-corrected chi connectivity index (χ0v) is 15.9. The molecule has 1 fully saturated rings. The van der Waals surface area contributed by atoms with Gasteiger partial charge in [0.2, 0.25) is 5.91 Å². The van der Waals surface area contributed by atoms with Gasteiger partial charge in [-0.25, -0.2) is 4.79 Å². The number of likely N-dealkylation sites (tertiary alicyclic amines) is 1. The highest BCUT2D eigenvalue weighted by Gasteiger charge is 2.28. The summed E-state index contributed by atoms with van der Waals surface area (Å²) in [7, 11) is 3.46. The maximum absolute atomic E-state index is 12.4. The first kappa shape index (κ1) is 19.2. The molecule has 0 spiro atoms. The summed E-state index contributed by atoms with van der Waals surface area (Å²) < 4.78 is 0. The number of hydrogen-bond donors (Lipinski definition) is 2. The van der Waals surface area contributed by atoms with Crippen molar-refractivity contribution in [3.05, 3.63) is 48.0 Å². The van der Waals surface area contributed by atoms with Crippen LogP contribution in [0.3, 0.4) is 0 Å². The molecule has 1 aliphatic rings. The number of rotatable bonds is 4. The topological polar surface area (TPSA) is 72.9 Å². The van der Waals surface area contributed by atoms with Crippen molar-refractivity contribution in [3.63, 3.8) is 0 Å². The van der Waals surface area contributed by atoms with Crippen molar-refractivity contribution in [1.82, 2.24) is 15.1 Å². The molecule has 2 N–H and O–H groups in total. The molecule has 144 valence electrons. The maximum Gasteiger partial charge on any atom is 0.319 e. The van der Waals surface area contributed by atoms with Gasteiger partial charge in [-0.15, -0.1) is 0 Å². The Labute approximate surface area is 159 Å². The molecule has 3 rings (SSSR count). The molecule has 0 radical (unpaired) electrons. The minimum Gasteiger partial charge on any atom is -0.387 e. The molecular weight excluding hydrogens is 342 g/mol. The number of nitrogens with zero attached hydrogens (tertiary/aromatic N) is 2. The predicted molar refractivity (Wildman–Crippen MR) is 105 cm³/mol. The van der Waals surface area contributed by atoms with Crippen LogP contribution in [-0.4, -0.2) is 60.6 Å². The molecule has 1 aliphatic heterocycles. The van der Waals surface area contributed by atoms with Crippen LogP contribution in [0.15, 0.2) is 42.5 Å². The molecule has 6 heteroatoms. The third kappa shape index (κ3) is 4.57. The van der Waals surface area contributed by atoms with Gasteiger partial charge in [0.05, 0.1) is 6.10 Å². The Morgan fingerprint density at radius 1 is 1.15 bits per heavy atom. The molecule has 0 unspecified atom stereocenters. The summed E-state index contributed by atoms with van der Waals surface area (Å²) in [6.07, 6.45) is 0.559. The van der Waals surface area contributed by atoms with Gasteiger partial charge in [-0.3, -0.25) is 4.79 Å². The van der Waals surface area contributed by atoms with Gasteiger partial charge in [0.25, 0.3) is 0 Å². The van der Waals surface area contributed by atoms with Crippen LogP contribution in [0.2, 0.25) is 0 Å². The largest absolute Gasteiger partial charge is 0.387 e. The molecule has 2 aromatic rings. The number of amides is 3. The van der Waals surface area contributed by atoms with Gasteiger partial charge < -0.3 is 20.2 Å². The highest BCUT2D eigenvalue weighted by Crippen LogP contribution is 2.21. The van der Waals surface area contributed by atoms with Crippen LogP contribution < -0.4 is 5.32 Å². The second-order valence-electron chi connectivity index (χ2n) is 7.31. The van der Waals surface area contributed by atoms with Crippen molar-refractivity contribution >= 4 is 22.7 Å². The number of urea groups is 1. The van der Waals surface area contributed by atoms with Crippen LogP contribution >= 0.6 is 0 Å². The highest BCUT2D eigenvalue weighted by atomic mass is 16.3. The van der Waals surface area contributed by atoms with Crippen LogP contribution in [0.4, 0.5) is 4.79 Å². The van der Waals surface area contributed by atoms with Crippen LogP contribution in [0.25, 0.3) is 10.8 Å². The standard InChI is InChI=1S/C21H27N3O3/c1-23(2)21(27)24-11-9-16(10-12-24)20(26)22-14-19(25)18-8-7-15-5-3-4-6-17(15)13-18/h3-8,13,16,19,25H,9-12,14H2,1-2H3,(H,22,26)/t19-/m1/s1. The van der Waals surface area contributed by atoms with Gasteiger partial charge in [0, 0.05) is 39.6 Å². The van der Waals surface area contributed by atoms with Crippen LogP contribution in [0, 0.1) is 5.92 Å². The number of piperidine rings is 1. The molecule has 1 saturated heterocycles. The SMILES string of the molecule is CN(C)C(=O)N1CCC(C(=O)NC[C@@H](O)c2ccc3ccccc3c2)CC1. The molecule has 27 heavy (non-hydrogen) atoms. The van der Waals surface area contributed by atoms with Crippen LogP contribution in [0.5, 0.6) is 0 Å². The lowest BCUT2D eigenvalue weighted by atomic mass is 9.96. The van der Waals surface area contributed by atoms with Gasteiger partial charge >= 0.3 is 6.03 Å². The number of aliphatic hydroxyl groups excluding tert-OH is 1. The summed E-state index contributed by atoms with van der Waals surface area (Å²) in [6.45, 7) is 1.36. The second-order valence-corrected chi connectivity index (χ2v) is 7.31.